The standard InChI is InChI=1S/C24H34N2O3/c1-3-4-5-22(27)26-20-7-6-19(11-21(20)29-2)25-23(28)15-24-12-16-8-17(13-24)10-18(9-16)14-24/h6-7,11,16-18H,3-5,8-10,12-15H2,1-2H3,(H,25,28)(H,26,27). The lowest BCUT2D eigenvalue weighted by Gasteiger charge is -2.56. The largest absolute Gasteiger partial charge is 0.494 e. The van der Waals surface area contributed by atoms with Crippen molar-refractivity contribution in [3.63, 3.8) is 0 Å². The van der Waals surface area contributed by atoms with Gasteiger partial charge in [0.2, 0.25) is 11.8 Å². The summed E-state index contributed by atoms with van der Waals surface area (Å²) in [5, 5.41) is 5.98. The third-order valence-corrected chi connectivity index (χ3v) is 7.22. The van der Waals surface area contributed by atoms with Crippen LogP contribution in [0.4, 0.5) is 11.4 Å². The molecule has 0 aromatic heterocycles. The van der Waals surface area contributed by atoms with E-state index in [0.29, 0.717) is 24.3 Å². The van der Waals surface area contributed by atoms with E-state index in [1.807, 2.05) is 12.1 Å². The van der Waals surface area contributed by atoms with Gasteiger partial charge in [0.15, 0.2) is 0 Å². The maximum atomic E-state index is 12.9. The molecule has 4 fully saturated rings. The number of nitrogens with one attached hydrogen (secondary N) is 2. The van der Waals surface area contributed by atoms with Gasteiger partial charge in [0, 0.05) is 24.6 Å². The summed E-state index contributed by atoms with van der Waals surface area (Å²) in [5.74, 6) is 3.22. The fourth-order valence-electron chi connectivity index (χ4n) is 6.47. The summed E-state index contributed by atoms with van der Waals surface area (Å²) in [6.07, 6.45) is 10.9. The van der Waals surface area contributed by atoms with Crippen molar-refractivity contribution in [1.29, 1.82) is 0 Å². The minimum Gasteiger partial charge on any atom is -0.494 e. The van der Waals surface area contributed by atoms with Crippen molar-refractivity contribution in [3.05, 3.63) is 18.2 Å². The van der Waals surface area contributed by atoms with E-state index in [1.54, 1.807) is 13.2 Å². The van der Waals surface area contributed by atoms with E-state index in [1.165, 1.54) is 38.5 Å². The SMILES string of the molecule is CCCCC(=O)Nc1ccc(NC(=O)CC23CC4CC(CC(C4)C2)C3)cc1OC. The third-order valence-electron chi connectivity index (χ3n) is 7.22. The van der Waals surface area contributed by atoms with E-state index in [9.17, 15) is 9.59 Å². The highest BCUT2D eigenvalue weighted by Gasteiger charge is 2.51. The predicted molar refractivity (Wildman–Crippen MR) is 115 cm³/mol. The predicted octanol–water partition coefficient (Wildman–Crippen LogP) is 5.37. The average molecular weight is 399 g/mol. The number of anilines is 2. The van der Waals surface area contributed by atoms with Crippen molar-refractivity contribution in [2.75, 3.05) is 17.7 Å². The Kier molecular flexibility index (Phi) is 5.84. The number of rotatable bonds is 8. The molecular weight excluding hydrogens is 364 g/mol. The van der Waals surface area contributed by atoms with Gasteiger partial charge >= 0.3 is 0 Å². The molecule has 0 aliphatic heterocycles. The minimum absolute atomic E-state index is 0.0104. The van der Waals surface area contributed by atoms with E-state index in [2.05, 4.69) is 17.6 Å². The van der Waals surface area contributed by atoms with Gasteiger partial charge in [-0.3, -0.25) is 9.59 Å². The Hall–Kier alpha value is -2.04. The molecule has 2 N–H and O–H groups in total. The van der Waals surface area contributed by atoms with Crippen molar-refractivity contribution in [1.82, 2.24) is 0 Å². The Morgan fingerprint density at radius 2 is 1.69 bits per heavy atom. The first kappa shape index (κ1) is 20.2. The first-order valence-electron chi connectivity index (χ1n) is 11.3. The lowest BCUT2D eigenvalue weighted by Crippen LogP contribution is -2.47. The van der Waals surface area contributed by atoms with Gasteiger partial charge in [0.1, 0.15) is 5.75 Å². The van der Waals surface area contributed by atoms with E-state index >= 15 is 0 Å². The molecule has 4 aliphatic carbocycles. The molecule has 0 radical (unpaired) electrons. The van der Waals surface area contributed by atoms with E-state index in [4.69, 9.17) is 4.74 Å². The second-order valence-electron chi connectivity index (χ2n) is 9.71. The molecule has 4 aliphatic rings. The first-order valence-corrected chi connectivity index (χ1v) is 11.3. The summed E-state index contributed by atoms with van der Waals surface area (Å²) in [6.45, 7) is 2.06. The highest BCUT2D eigenvalue weighted by atomic mass is 16.5. The molecule has 158 valence electrons. The first-order chi connectivity index (χ1) is 14.0. The Bertz CT molecular complexity index is 738. The molecule has 1 aromatic rings. The summed E-state index contributed by atoms with van der Waals surface area (Å²) in [4.78, 5) is 24.9. The van der Waals surface area contributed by atoms with Gasteiger partial charge in [-0.25, -0.2) is 0 Å². The molecule has 0 heterocycles. The molecule has 0 atom stereocenters. The quantitative estimate of drug-likeness (QED) is 0.619. The van der Waals surface area contributed by atoms with Crippen LogP contribution in [0.2, 0.25) is 0 Å². The number of carbonyl (C=O) groups excluding carboxylic acids is 2. The zero-order valence-electron chi connectivity index (χ0n) is 17.8. The van der Waals surface area contributed by atoms with Crippen molar-refractivity contribution in [3.8, 4) is 5.75 Å². The lowest BCUT2D eigenvalue weighted by molar-refractivity contribution is -0.124. The van der Waals surface area contributed by atoms with Crippen LogP contribution >= 0.6 is 0 Å². The van der Waals surface area contributed by atoms with Crippen LogP contribution in [0.3, 0.4) is 0 Å². The van der Waals surface area contributed by atoms with Gasteiger partial charge in [-0.2, -0.15) is 0 Å². The average Bonchev–Trinajstić information content (AvgIpc) is 2.66. The smallest absolute Gasteiger partial charge is 0.224 e. The molecule has 4 bridgehead atoms. The lowest BCUT2D eigenvalue weighted by atomic mass is 9.49. The second-order valence-corrected chi connectivity index (χ2v) is 9.71. The van der Waals surface area contributed by atoms with Crippen molar-refractivity contribution >= 4 is 23.2 Å². The zero-order chi connectivity index (χ0) is 20.4. The molecule has 1 aromatic carbocycles. The summed E-state index contributed by atoms with van der Waals surface area (Å²) in [6, 6.07) is 5.45. The number of hydrogen-bond acceptors (Lipinski definition) is 3. The van der Waals surface area contributed by atoms with Gasteiger partial charge < -0.3 is 15.4 Å². The Balaban J connectivity index is 1.37. The molecule has 5 rings (SSSR count). The summed E-state index contributed by atoms with van der Waals surface area (Å²) in [7, 11) is 1.58. The Morgan fingerprint density at radius 3 is 2.28 bits per heavy atom. The molecule has 0 unspecified atom stereocenters. The number of methoxy groups -OCH3 is 1. The van der Waals surface area contributed by atoms with Gasteiger partial charge in [-0.1, -0.05) is 13.3 Å². The molecule has 0 saturated heterocycles. The second kappa shape index (κ2) is 8.37. The van der Waals surface area contributed by atoms with E-state index in [0.717, 1.165) is 36.3 Å². The van der Waals surface area contributed by atoms with Crippen LogP contribution in [0.1, 0.15) is 71.1 Å². The van der Waals surface area contributed by atoms with Crippen LogP contribution in [0.15, 0.2) is 18.2 Å². The third kappa shape index (κ3) is 4.59. The molecule has 5 nitrogen and oxygen atoms in total. The zero-order valence-corrected chi connectivity index (χ0v) is 17.8. The Labute approximate surface area is 174 Å². The maximum absolute atomic E-state index is 12.9. The highest BCUT2D eigenvalue weighted by Crippen LogP contribution is 2.61. The molecule has 29 heavy (non-hydrogen) atoms. The van der Waals surface area contributed by atoms with Crippen LogP contribution in [0.5, 0.6) is 5.75 Å². The Morgan fingerprint density at radius 1 is 1.03 bits per heavy atom. The van der Waals surface area contributed by atoms with Gasteiger partial charge in [-0.05, 0) is 80.2 Å². The number of ether oxygens (including phenoxy) is 1. The number of unbranched alkanes of at least 4 members (excludes halogenated alkanes) is 1. The number of amides is 2. The van der Waals surface area contributed by atoms with Crippen LogP contribution in [-0.2, 0) is 9.59 Å². The van der Waals surface area contributed by atoms with E-state index in [-0.39, 0.29) is 17.2 Å². The molecular formula is C24H34N2O3. The normalized spacial score (nSPS) is 29.5. The van der Waals surface area contributed by atoms with Crippen LogP contribution in [0.25, 0.3) is 0 Å². The van der Waals surface area contributed by atoms with Crippen LogP contribution in [-0.4, -0.2) is 18.9 Å². The molecule has 5 heteroatoms. The number of hydrogen-bond donors (Lipinski definition) is 2. The number of benzene rings is 1. The van der Waals surface area contributed by atoms with Gasteiger partial charge in [0.25, 0.3) is 0 Å². The van der Waals surface area contributed by atoms with E-state index < -0.39 is 0 Å². The maximum Gasteiger partial charge on any atom is 0.224 e. The fraction of sp³-hybridized carbons (Fsp3) is 0.667. The van der Waals surface area contributed by atoms with Gasteiger partial charge in [0.05, 0.1) is 12.8 Å². The molecule has 2 amide bonds. The van der Waals surface area contributed by atoms with Crippen LogP contribution < -0.4 is 15.4 Å². The monoisotopic (exact) mass is 398 g/mol. The minimum atomic E-state index is -0.0104. The summed E-state index contributed by atoms with van der Waals surface area (Å²) < 4.78 is 5.44. The van der Waals surface area contributed by atoms with Crippen molar-refractivity contribution in [2.45, 2.75) is 71.1 Å². The van der Waals surface area contributed by atoms with Gasteiger partial charge in [-0.15, -0.1) is 0 Å². The summed E-state index contributed by atoms with van der Waals surface area (Å²) in [5.41, 5.74) is 1.60. The van der Waals surface area contributed by atoms with Crippen molar-refractivity contribution < 1.29 is 14.3 Å². The molecule has 0 spiro atoms. The highest BCUT2D eigenvalue weighted by molar-refractivity contribution is 5.94. The van der Waals surface area contributed by atoms with Crippen molar-refractivity contribution in [2.24, 2.45) is 23.2 Å². The fourth-order valence-corrected chi connectivity index (χ4v) is 6.47. The number of carbonyl (C=O) groups is 2. The summed E-state index contributed by atoms with van der Waals surface area (Å²) >= 11 is 0. The van der Waals surface area contributed by atoms with Crippen LogP contribution in [0, 0.1) is 23.2 Å². The molecule has 4 saturated carbocycles. The topological polar surface area (TPSA) is 67.4 Å².